The molecule has 2 N–H and O–H groups in total. The van der Waals surface area contributed by atoms with Crippen molar-refractivity contribution in [3.05, 3.63) is 48.0 Å². The van der Waals surface area contributed by atoms with Crippen LogP contribution >= 0.6 is 24.0 Å². The topological polar surface area (TPSA) is 73.8 Å². The largest absolute Gasteiger partial charge is 0.355 e. The van der Waals surface area contributed by atoms with E-state index in [9.17, 15) is 8.42 Å². The molecule has 0 saturated carbocycles. The van der Waals surface area contributed by atoms with Crippen molar-refractivity contribution >= 4 is 50.7 Å². The third-order valence-corrected chi connectivity index (χ3v) is 6.62. The van der Waals surface area contributed by atoms with Crippen LogP contribution in [0.1, 0.15) is 32.4 Å². The first-order chi connectivity index (χ1) is 12.9. The van der Waals surface area contributed by atoms with Crippen LogP contribution in [0.5, 0.6) is 0 Å². The van der Waals surface area contributed by atoms with E-state index in [0.29, 0.717) is 25.6 Å². The lowest BCUT2D eigenvalue weighted by molar-refractivity contribution is 0.445. The minimum Gasteiger partial charge on any atom is -0.355 e. The fraction of sp³-hybridized carbons (Fsp3) is 0.450. The van der Waals surface area contributed by atoms with Gasteiger partial charge in [-0.3, -0.25) is 4.99 Å². The van der Waals surface area contributed by atoms with E-state index < -0.39 is 10.0 Å². The second kappa shape index (κ2) is 11.6. The van der Waals surface area contributed by atoms with E-state index in [1.807, 2.05) is 26.0 Å². The first kappa shape index (κ1) is 24.6. The Bertz CT molecular complexity index is 883. The van der Waals surface area contributed by atoms with Gasteiger partial charge in [-0.25, -0.2) is 12.7 Å². The molecule has 0 fully saturated rings. The van der Waals surface area contributed by atoms with Crippen molar-refractivity contribution in [2.24, 2.45) is 4.99 Å². The normalized spacial score (nSPS) is 13.2. The summed E-state index contributed by atoms with van der Waals surface area (Å²) in [5.74, 6) is 0.630. The van der Waals surface area contributed by atoms with Crippen molar-refractivity contribution in [2.75, 3.05) is 32.4 Å². The van der Waals surface area contributed by atoms with Gasteiger partial charge in [0.1, 0.15) is 0 Å². The molecule has 2 rings (SSSR count). The van der Waals surface area contributed by atoms with Crippen LogP contribution in [-0.2, 0) is 10.0 Å². The van der Waals surface area contributed by atoms with Crippen LogP contribution in [-0.4, -0.2) is 51.1 Å². The molecular formula is C20H31IN4O2S. The number of aliphatic imine (C=N–C) groups is 1. The van der Waals surface area contributed by atoms with E-state index in [4.69, 9.17) is 0 Å². The first-order valence-electron chi connectivity index (χ1n) is 9.35. The van der Waals surface area contributed by atoms with Crippen LogP contribution < -0.4 is 10.6 Å². The highest BCUT2D eigenvalue weighted by molar-refractivity contribution is 14.0. The van der Waals surface area contributed by atoms with Gasteiger partial charge in [0, 0.05) is 26.7 Å². The second-order valence-corrected chi connectivity index (χ2v) is 8.46. The maximum Gasteiger partial charge on any atom is 0.215 e. The minimum atomic E-state index is -3.24. The van der Waals surface area contributed by atoms with Gasteiger partial charge in [-0.15, -0.1) is 24.0 Å². The molecule has 8 heteroatoms. The van der Waals surface area contributed by atoms with Crippen LogP contribution in [0, 0.1) is 0 Å². The number of hydrogen-bond acceptors (Lipinski definition) is 3. The highest BCUT2D eigenvalue weighted by atomic mass is 127. The number of guanidine groups is 1. The molecule has 1 atom stereocenters. The molecular weight excluding hydrogens is 487 g/mol. The molecule has 0 radical (unpaired) electrons. The van der Waals surface area contributed by atoms with Crippen molar-refractivity contribution < 1.29 is 8.42 Å². The Morgan fingerprint density at radius 3 is 2.36 bits per heavy atom. The Balaban J connectivity index is 0.00000392. The van der Waals surface area contributed by atoms with E-state index in [2.05, 4.69) is 52.9 Å². The number of fused-ring (bicyclic) bond motifs is 1. The van der Waals surface area contributed by atoms with Gasteiger partial charge >= 0.3 is 0 Å². The fourth-order valence-electron chi connectivity index (χ4n) is 3.00. The lowest BCUT2D eigenvalue weighted by Crippen LogP contribution is -2.42. The first-order valence-corrected chi connectivity index (χ1v) is 11.0. The molecule has 2 aromatic carbocycles. The summed E-state index contributed by atoms with van der Waals surface area (Å²) in [5, 5.41) is 8.82. The molecule has 0 saturated heterocycles. The maximum atomic E-state index is 12.3. The average molecular weight is 518 g/mol. The Morgan fingerprint density at radius 1 is 1.11 bits per heavy atom. The molecule has 0 aliphatic heterocycles. The second-order valence-electron chi connectivity index (χ2n) is 6.37. The zero-order valence-electron chi connectivity index (χ0n) is 17.0. The van der Waals surface area contributed by atoms with Crippen molar-refractivity contribution in [1.29, 1.82) is 0 Å². The highest BCUT2D eigenvalue weighted by Crippen LogP contribution is 2.20. The van der Waals surface area contributed by atoms with Gasteiger partial charge in [0.25, 0.3) is 0 Å². The summed E-state index contributed by atoms with van der Waals surface area (Å²) in [6.07, 6.45) is 0. The predicted octanol–water partition coefficient (Wildman–Crippen LogP) is 3.36. The molecule has 0 heterocycles. The van der Waals surface area contributed by atoms with Crippen molar-refractivity contribution in [3.8, 4) is 0 Å². The summed E-state index contributed by atoms with van der Waals surface area (Å²) < 4.78 is 26.0. The summed E-state index contributed by atoms with van der Waals surface area (Å²) in [5.41, 5.74) is 1.15. The van der Waals surface area contributed by atoms with Crippen LogP contribution in [0.25, 0.3) is 10.8 Å². The van der Waals surface area contributed by atoms with Crippen molar-refractivity contribution in [2.45, 2.75) is 26.8 Å². The molecule has 0 aliphatic rings. The van der Waals surface area contributed by atoms with Gasteiger partial charge in [-0.05, 0) is 29.3 Å². The summed E-state index contributed by atoms with van der Waals surface area (Å²) in [6, 6.07) is 14.6. The lowest BCUT2D eigenvalue weighted by Gasteiger charge is -2.21. The Hall–Kier alpha value is -1.39. The zero-order valence-corrected chi connectivity index (χ0v) is 20.1. The average Bonchev–Trinajstić information content (AvgIpc) is 2.67. The number of rotatable bonds is 8. The summed E-state index contributed by atoms with van der Waals surface area (Å²) in [7, 11) is -1.56. The van der Waals surface area contributed by atoms with Gasteiger partial charge in [-0.1, -0.05) is 50.2 Å². The van der Waals surface area contributed by atoms with E-state index in [1.165, 1.54) is 15.1 Å². The van der Waals surface area contributed by atoms with Crippen LogP contribution in [0.2, 0.25) is 0 Å². The summed E-state index contributed by atoms with van der Waals surface area (Å²) >= 11 is 0. The zero-order chi connectivity index (χ0) is 19.9. The molecule has 0 aromatic heterocycles. The van der Waals surface area contributed by atoms with Gasteiger partial charge in [-0.2, -0.15) is 0 Å². The molecule has 0 bridgehead atoms. The van der Waals surface area contributed by atoms with Crippen LogP contribution in [0.4, 0.5) is 0 Å². The minimum absolute atomic E-state index is 0. The molecule has 156 valence electrons. The summed E-state index contributed by atoms with van der Waals surface area (Å²) in [4.78, 5) is 4.21. The SMILES string of the molecule is CCN(CC)S(=O)(=O)CCNC(=NC)NC(C)c1ccc2ccccc2c1.I. The fourth-order valence-corrected chi connectivity index (χ4v) is 4.41. The van der Waals surface area contributed by atoms with Gasteiger partial charge < -0.3 is 10.6 Å². The Kier molecular flexibility index (Phi) is 10.2. The standard InChI is InChI=1S/C20H30N4O2S.HI/c1-5-24(6-2)27(25,26)14-13-22-20(21-4)23-16(3)18-12-11-17-9-7-8-10-19(17)15-18;/h7-12,15-16H,5-6,13-14H2,1-4H3,(H2,21,22,23);1H. The van der Waals surface area contributed by atoms with Crippen LogP contribution in [0.3, 0.4) is 0 Å². The van der Waals surface area contributed by atoms with Gasteiger partial charge in [0.15, 0.2) is 5.96 Å². The number of nitrogens with one attached hydrogen (secondary N) is 2. The highest BCUT2D eigenvalue weighted by Gasteiger charge is 2.18. The third kappa shape index (κ3) is 6.59. The van der Waals surface area contributed by atoms with E-state index in [0.717, 1.165) is 5.56 Å². The molecule has 0 aliphatic carbocycles. The molecule has 6 nitrogen and oxygen atoms in total. The smallest absolute Gasteiger partial charge is 0.215 e. The quantitative estimate of drug-likeness (QED) is 0.320. The Morgan fingerprint density at radius 2 is 1.75 bits per heavy atom. The number of hydrogen-bond donors (Lipinski definition) is 2. The predicted molar refractivity (Wildman–Crippen MR) is 129 cm³/mol. The number of sulfonamides is 1. The van der Waals surface area contributed by atoms with E-state index in [1.54, 1.807) is 7.05 Å². The number of halogens is 1. The molecule has 0 spiro atoms. The van der Waals surface area contributed by atoms with E-state index in [-0.39, 0.29) is 35.8 Å². The number of benzene rings is 2. The third-order valence-electron chi connectivity index (χ3n) is 4.60. The van der Waals surface area contributed by atoms with Crippen molar-refractivity contribution in [3.63, 3.8) is 0 Å². The van der Waals surface area contributed by atoms with E-state index >= 15 is 0 Å². The molecule has 2 aromatic rings. The number of nitrogens with zero attached hydrogens (tertiary/aromatic N) is 2. The Labute approximate surface area is 185 Å². The molecule has 0 amide bonds. The monoisotopic (exact) mass is 518 g/mol. The van der Waals surface area contributed by atoms with Crippen LogP contribution in [0.15, 0.2) is 47.5 Å². The maximum absolute atomic E-state index is 12.3. The molecule has 1 unspecified atom stereocenters. The van der Waals surface area contributed by atoms with Crippen molar-refractivity contribution in [1.82, 2.24) is 14.9 Å². The van der Waals surface area contributed by atoms with Gasteiger partial charge in [0.2, 0.25) is 10.0 Å². The lowest BCUT2D eigenvalue weighted by atomic mass is 10.0. The van der Waals surface area contributed by atoms with Gasteiger partial charge in [0.05, 0.1) is 11.8 Å². The molecule has 28 heavy (non-hydrogen) atoms. The summed E-state index contributed by atoms with van der Waals surface area (Å²) in [6.45, 7) is 7.04.